The number of nitrogens with zero attached hydrogens (tertiary/aromatic N) is 2. The van der Waals surface area contributed by atoms with Crippen molar-refractivity contribution in [3.63, 3.8) is 0 Å². The molecular formula is C18H16N4O2S. The molecule has 6 nitrogen and oxygen atoms in total. The lowest BCUT2D eigenvalue weighted by Gasteiger charge is -2.03. The van der Waals surface area contributed by atoms with Crippen LogP contribution in [0.1, 0.15) is 15.4 Å². The fourth-order valence-electron chi connectivity index (χ4n) is 2.36. The van der Waals surface area contributed by atoms with E-state index in [1.54, 1.807) is 6.07 Å². The smallest absolute Gasteiger partial charge is 0.261 e. The van der Waals surface area contributed by atoms with E-state index in [2.05, 4.69) is 21.7 Å². The lowest BCUT2D eigenvalue weighted by molar-refractivity contribution is -0.119. The van der Waals surface area contributed by atoms with Crippen molar-refractivity contribution in [1.82, 2.24) is 20.4 Å². The molecule has 0 fully saturated rings. The number of benzene rings is 1. The van der Waals surface area contributed by atoms with E-state index in [0.29, 0.717) is 4.88 Å². The number of rotatable bonds is 5. The average Bonchev–Trinajstić information content (AvgIpc) is 3.19. The van der Waals surface area contributed by atoms with E-state index in [1.165, 1.54) is 11.3 Å². The first-order valence-electron chi connectivity index (χ1n) is 7.63. The molecule has 0 bridgehead atoms. The number of aromatic nitrogens is 2. The summed E-state index contributed by atoms with van der Waals surface area (Å²) in [6, 6.07) is 11.5. The molecule has 7 heteroatoms. The van der Waals surface area contributed by atoms with Crippen molar-refractivity contribution >= 4 is 33.4 Å². The van der Waals surface area contributed by atoms with Crippen LogP contribution in [0.3, 0.4) is 0 Å². The quantitative estimate of drug-likeness (QED) is 0.689. The first-order valence-corrected chi connectivity index (χ1v) is 8.44. The zero-order valence-electron chi connectivity index (χ0n) is 13.6. The second kappa shape index (κ2) is 7.20. The van der Waals surface area contributed by atoms with Crippen molar-refractivity contribution in [2.45, 2.75) is 6.92 Å². The second-order valence-corrected chi connectivity index (χ2v) is 6.36. The Hall–Kier alpha value is -3.11. The third kappa shape index (κ3) is 3.54. The number of thiophene rings is 1. The fraction of sp³-hybridized carbons (Fsp3) is 0.167. The van der Waals surface area contributed by atoms with Gasteiger partial charge >= 0.3 is 0 Å². The molecule has 2 amide bonds. The van der Waals surface area contributed by atoms with E-state index in [0.717, 1.165) is 21.6 Å². The van der Waals surface area contributed by atoms with Crippen LogP contribution in [0.4, 0.5) is 0 Å². The van der Waals surface area contributed by atoms with Gasteiger partial charge in [-0.05, 0) is 25.1 Å². The minimum Gasteiger partial charge on any atom is -0.344 e. The normalized spacial score (nSPS) is 10.4. The number of fused-ring (bicyclic) bond motifs is 1. The molecule has 0 aliphatic rings. The molecule has 2 N–H and O–H groups in total. The van der Waals surface area contributed by atoms with Crippen molar-refractivity contribution in [3.05, 3.63) is 47.0 Å². The number of amides is 2. The van der Waals surface area contributed by atoms with Gasteiger partial charge < -0.3 is 10.6 Å². The van der Waals surface area contributed by atoms with E-state index >= 15 is 0 Å². The van der Waals surface area contributed by atoms with Gasteiger partial charge in [0.05, 0.1) is 29.3 Å². The van der Waals surface area contributed by atoms with Gasteiger partial charge in [-0.3, -0.25) is 9.59 Å². The average molecular weight is 352 g/mol. The van der Waals surface area contributed by atoms with E-state index in [-0.39, 0.29) is 24.9 Å². The molecule has 1 aromatic carbocycles. The van der Waals surface area contributed by atoms with E-state index < -0.39 is 0 Å². The predicted octanol–water partition coefficient (Wildman–Crippen LogP) is 1.87. The largest absolute Gasteiger partial charge is 0.344 e. The highest BCUT2D eigenvalue weighted by Gasteiger charge is 2.17. The topological polar surface area (TPSA) is 76.0 Å². The van der Waals surface area contributed by atoms with Crippen LogP contribution < -0.4 is 10.6 Å². The summed E-state index contributed by atoms with van der Waals surface area (Å²) >= 11 is 1.34. The number of para-hydroxylation sites is 1. The van der Waals surface area contributed by atoms with Crippen LogP contribution in [-0.4, -0.2) is 34.7 Å². The highest BCUT2D eigenvalue weighted by atomic mass is 32.1. The summed E-state index contributed by atoms with van der Waals surface area (Å²) in [4.78, 5) is 25.2. The Morgan fingerprint density at radius 2 is 2.04 bits per heavy atom. The maximum atomic E-state index is 12.3. The highest BCUT2D eigenvalue weighted by molar-refractivity contribution is 7.20. The molecule has 0 radical (unpaired) electrons. The standard InChI is InChI=1S/C18H16N4O2S/c1-3-9-19-16(23)11-20-17(24)15-10-14-12(2)21-22(18(14)25-15)13-7-5-4-6-8-13/h1,4-8,10H,9,11H2,2H3,(H,19,23)(H,20,24). The molecule has 126 valence electrons. The minimum atomic E-state index is -0.320. The van der Waals surface area contributed by atoms with E-state index in [9.17, 15) is 9.59 Å². The van der Waals surface area contributed by atoms with Gasteiger partial charge in [0.2, 0.25) is 5.91 Å². The first kappa shape index (κ1) is 16.7. The van der Waals surface area contributed by atoms with Crippen molar-refractivity contribution < 1.29 is 9.59 Å². The molecule has 3 rings (SSSR count). The summed E-state index contributed by atoms with van der Waals surface area (Å²) in [5, 5.41) is 10.6. The Balaban J connectivity index is 1.81. The number of carbonyl (C=O) groups excluding carboxylic acids is 2. The SMILES string of the molecule is C#CCNC(=O)CNC(=O)c1cc2c(C)nn(-c3ccccc3)c2s1. The molecule has 0 atom stereocenters. The molecule has 0 aliphatic carbocycles. The summed E-state index contributed by atoms with van der Waals surface area (Å²) in [6.07, 6.45) is 5.07. The van der Waals surface area contributed by atoms with Gasteiger partial charge in [-0.15, -0.1) is 17.8 Å². The molecule has 3 aromatic rings. The maximum absolute atomic E-state index is 12.3. The third-order valence-corrected chi connectivity index (χ3v) is 4.68. The molecule has 25 heavy (non-hydrogen) atoms. The molecule has 0 spiro atoms. The van der Waals surface area contributed by atoms with Crippen LogP contribution in [0, 0.1) is 19.3 Å². The van der Waals surface area contributed by atoms with Gasteiger partial charge in [0, 0.05) is 5.39 Å². The van der Waals surface area contributed by atoms with Crippen LogP contribution in [0.2, 0.25) is 0 Å². The summed E-state index contributed by atoms with van der Waals surface area (Å²) in [5.74, 6) is 1.69. The van der Waals surface area contributed by atoms with Crippen LogP contribution in [0.15, 0.2) is 36.4 Å². The number of terminal acetylenes is 1. The zero-order chi connectivity index (χ0) is 17.8. The Morgan fingerprint density at radius 1 is 1.28 bits per heavy atom. The van der Waals surface area contributed by atoms with Gasteiger partial charge in [-0.1, -0.05) is 24.1 Å². The van der Waals surface area contributed by atoms with Crippen LogP contribution >= 0.6 is 11.3 Å². The van der Waals surface area contributed by atoms with Crippen LogP contribution in [0.5, 0.6) is 0 Å². The lowest BCUT2D eigenvalue weighted by Crippen LogP contribution is -2.36. The molecule has 2 aromatic heterocycles. The maximum Gasteiger partial charge on any atom is 0.261 e. The molecule has 0 unspecified atom stereocenters. The number of carbonyl (C=O) groups is 2. The van der Waals surface area contributed by atoms with E-state index in [1.807, 2.05) is 41.9 Å². The Kier molecular flexibility index (Phi) is 4.82. The molecule has 0 saturated carbocycles. The van der Waals surface area contributed by atoms with Gasteiger partial charge in [0.1, 0.15) is 4.83 Å². The van der Waals surface area contributed by atoms with E-state index in [4.69, 9.17) is 6.42 Å². The van der Waals surface area contributed by atoms with Crippen molar-refractivity contribution in [1.29, 1.82) is 0 Å². The number of nitrogens with one attached hydrogen (secondary N) is 2. The number of hydrogen-bond donors (Lipinski definition) is 2. The summed E-state index contributed by atoms with van der Waals surface area (Å²) in [5.41, 5.74) is 1.78. The van der Waals surface area contributed by atoms with Crippen LogP contribution in [0.25, 0.3) is 15.9 Å². The summed E-state index contributed by atoms with van der Waals surface area (Å²) in [7, 11) is 0. The Morgan fingerprint density at radius 3 is 2.76 bits per heavy atom. The van der Waals surface area contributed by atoms with Gasteiger partial charge in [0.25, 0.3) is 5.91 Å². The minimum absolute atomic E-state index is 0.113. The van der Waals surface area contributed by atoms with Gasteiger partial charge in [-0.2, -0.15) is 5.10 Å². The molecular weight excluding hydrogens is 336 g/mol. The Bertz CT molecular complexity index is 966. The lowest BCUT2D eigenvalue weighted by atomic mass is 10.3. The zero-order valence-corrected chi connectivity index (χ0v) is 14.4. The fourth-order valence-corrected chi connectivity index (χ4v) is 3.46. The number of aryl methyl sites for hydroxylation is 1. The van der Waals surface area contributed by atoms with Crippen molar-refractivity contribution in [2.75, 3.05) is 13.1 Å². The predicted molar refractivity (Wildman–Crippen MR) is 97.9 cm³/mol. The summed E-state index contributed by atoms with van der Waals surface area (Å²) < 4.78 is 1.83. The van der Waals surface area contributed by atoms with Gasteiger partial charge in [0.15, 0.2) is 0 Å². The highest BCUT2D eigenvalue weighted by Crippen LogP contribution is 2.30. The molecule has 0 aliphatic heterocycles. The monoisotopic (exact) mass is 352 g/mol. The third-order valence-electron chi connectivity index (χ3n) is 3.57. The molecule has 0 saturated heterocycles. The molecule has 2 heterocycles. The van der Waals surface area contributed by atoms with Crippen LogP contribution in [-0.2, 0) is 4.79 Å². The Labute approximate surface area is 148 Å². The second-order valence-electron chi connectivity index (χ2n) is 5.33. The first-order chi connectivity index (χ1) is 12.1. The van der Waals surface area contributed by atoms with Crippen molar-refractivity contribution in [2.24, 2.45) is 0 Å². The number of hydrogen-bond acceptors (Lipinski definition) is 4. The van der Waals surface area contributed by atoms with Gasteiger partial charge in [-0.25, -0.2) is 4.68 Å². The summed E-state index contributed by atoms with van der Waals surface area (Å²) in [6.45, 7) is 1.94. The van der Waals surface area contributed by atoms with Crippen molar-refractivity contribution in [3.8, 4) is 18.0 Å².